The molecule has 0 aliphatic rings. The fourth-order valence-electron chi connectivity index (χ4n) is 1.16. The Morgan fingerprint density at radius 2 is 2.33 bits per heavy atom. The van der Waals surface area contributed by atoms with E-state index in [1.165, 1.54) is 11.6 Å². The Balaban J connectivity index is 2.97. The normalized spacial score (nSPS) is 11.9. The summed E-state index contributed by atoms with van der Waals surface area (Å²) in [5.41, 5.74) is 6.68. The van der Waals surface area contributed by atoms with Crippen LogP contribution < -0.4 is 5.73 Å². The zero-order chi connectivity index (χ0) is 11.6. The highest BCUT2D eigenvalue weighted by Gasteiger charge is 2.20. The van der Waals surface area contributed by atoms with Crippen molar-refractivity contribution in [1.82, 2.24) is 9.78 Å². The Kier molecular flexibility index (Phi) is 2.95. The molecule has 6 heteroatoms. The lowest BCUT2D eigenvalue weighted by Gasteiger charge is -2.06. The molecule has 1 aromatic rings. The molecule has 0 aliphatic carbocycles. The van der Waals surface area contributed by atoms with E-state index in [1.807, 2.05) is 0 Å². The Labute approximate surface area is 87.2 Å². The van der Waals surface area contributed by atoms with Crippen molar-refractivity contribution < 1.29 is 9.53 Å². The molecule has 1 unspecified atom stereocenters. The summed E-state index contributed by atoms with van der Waals surface area (Å²) in [5.74, 6) is -0.635. The number of aryl methyl sites for hydroxylation is 2. The van der Waals surface area contributed by atoms with E-state index in [4.69, 9.17) is 15.7 Å². The number of hydrogen-bond donors (Lipinski definition) is 1. The molecule has 0 amide bonds. The van der Waals surface area contributed by atoms with Crippen molar-refractivity contribution in [3.05, 3.63) is 11.4 Å². The average molecular weight is 208 g/mol. The van der Waals surface area contributed by atoms with E-state index in [1.54, 1.807) is 20.0 Å². The van der Waals surface area contributed by atoms with Crippen LogP contribution in [-0.2, 0) is 11.8 Å². The molecule has 0 fully saturated rings. The molecule has 1 aromatic heterocycles. The molecule has 80 valence electrons. The van der Waals surface area contributed by atoms with E-state index < -0.39 is 12.1 Å². The van der Waals surface area contributed by atoms with Gasteiger partial charge >= 0.3 is 5.97 Å². The van der Waals surface area contributed by atoms with Crippen molar-refractivity contribution in [2.45, 2.75) is 20.0 Å². The first-order valence-corrected chi connectivity index (χ1v) is 4.37. The van der Waals surface area contributed by atoms with Gasteiger partial charge in [-0.15, -0.1) is 0 Å². The second kappa shape index (κ2) is 4.00. The van der Waals surface area contributed by atoms with Crippen LogP contribution in [0.4, 0.5) is 5.69 Å². The summed E-state index contributed by atoms with van der Waals surface area (Å²) in [6.07, 6.45) is -0.799. The minimum atomic E-state index is -0.799. The van der Waals surface area contributed by atoms with Gasteiger partial charge in [-0.1, -0.05) is 0 Å². The Morgan fingerprint density at radius 1 is 1.73 bits per heavy atom. The molecule has 1 rings (SSSR count). The lowest BCUT2D eigenvalue weighted by atomic mass is 10.3. The van der Waals surface area contributed by atoms with Gasteiger partial charge in [0.05, 0.1) is 11.4 Å². The summed E-state index contributed by atoms with van der Waals surface area (Å²) in [6, 6.07) is 1.80. The first-order chi connectivity index (χ1) is 6.97. The number of esters is 1. The molecule has 6 nitrogen and oxygen atoms in total. The van der Waals surface area contributed by atoms with Crippen LogP contribution in [0.5, 0.6) is 0 Å². The number of anilines is 1. The van der Waals surface area contributed by atoms with Crippen molar-refractivity contribution in [2.24, 2.45) is 7.05 Å². The summed E-state index contributed by atoms with van der Waals surface area (Å²) in [5, 5.41) is 12.5. The van der Waals surface area contributed by atoms with Gasteiger partial charge in [0.25, 0.3) is 0 Å². The van der Waals surface area contributed by atoms with Crippen LogP contribution in [0.3, 0.4) is 0 Å². The first kappa shape index (κ1) is 11.0. The largest absolute Gasteiger partial charge is 0.442 e. The van der Waals surface area contributed by atoms with Crippen LogP contribution in [0.25, 0.3) is 0 Å². The number of nitrogens with two attached hydrogens (primary N) is 1. The molecule has 0 aromatic carbocycles. The standard InChI is InChI=1S/C9H12N4O2/c1-5(4-10)15-9(14)8-7(11)6(2)12-13(8)3/h5H,11H2,1-3H3. The van der Waals surface area contributed by atoms with Crippen LogP contribution in [-0.4, -0.2) is 21.9 Å². The molecule has 0 saturated carbocycles. The minimum Gasteiger partial charge on any atom is -0.442 e. The maximum absolute atomic E-state index is 11.6. The maximum atomic E-state index is 11.6. The van der Waals surface area contributed by atoms with E-state index in [2.05, 4.69) is 5.10 Å². The molecule has 1 heterocycles. The SMILES string of the molecule is Cc1nn(C)c(C(=O)OC(C)C#N)c1N. The molecule has 0 spiro atoms. The van der Waals surface area contributed by atoms with Crippen molar-refractivity contribution in [1.29, 1.82) is 5.26 Å². The zero-order valence-electron chi connectivity index (χ0n) is 8.81. The van der Waals surface area contributed by atoms with Crippen LogP contribution in [0, 0.1) is 18.3 Å². The van der Waals surface area contributed by atoms with E-state index in [0.717, 1.165) is 0 Å². The first-order valence-electron chi connectivity index (χ1n) is 4.37. The lowest BCUT2D eigenvalue weighted by Crippen LogP contribution is -2.17. The monoisotopic (exact) mass is 208 g/mol. The van der Waals surface area contributed by atoms with Crippen LogP contribution in [0.2, 0.25) is 0 Å². The topological polar surface area (TPSA) is 93.9 Å². The third-order valence-corrected chi connectivity index (χ3v) is 1.93. The second-order valence-corrected chi connectivity index (χ2v) is 3.15. The van der Waals surface area contributed by atoms with E-state index in [9.17, 15) is 4.79 Å². The van der Waals surface area contributed by atoms with Gasteiger partial charge in [-0.2, -0.15) is 10.4 Å². The molecular formula is C9H12N4O2. The van der Waals surface area contributed by atoms with Gasteiger partial charge in [0, 0.05) is 7.05 Å². The molecule has 0 bridgehead atoms. The summed E-state index contributed by atoms with van der Waals surface area (Å²) in [4.78, 5) is 11.6. The van der Waals surface area contributed by atoms with Gasteiger partial charge < -0.3 is 10.5 Å². The summed E-state index contributed by atoms with van der Waals surface area (Å²) < 4.78 is 6.16. The van der Waals surface area contributed by atoms with Crippen LogP contribution in [0.15, 0.2) is 0 Å². The van der Waals surface area contributed by atoms with Gasteiger partial charge in [-0.3, -0.25) is 4.68 Å². The zero-order valence-corrected chi connectivity index (χ0v) is 8.81. The number of carbonyl (C=O) groups is 1. The van der Waals surface area contributed by atoms with Crippen LogP contribution in [0.1, 0.15) is 23.1 Å². The predicted octanol–water partition coefficient (Wildman–Crippen LogP) is 0.380. The minimum absolute atomic E-state index is 0.176. The van der Waals surface area contributed by atoms with Crippen LogP contribution >= 0.6 is 0 Å². The number of nitrogen functional groups attached to an aromatic ring is 1. The highest BCUT2D eigenvalue weighted by molar-refractivity contribution is 5.93. The summed E-state index contributed by atoms with van der Waals surface area (Å²) in [7, 11) is 1.59. The number of rotatable bonds is 2. The fourth-order valence-corrected chi connectivity index (χ4v) is 1.16. The predicted molar refractivity (Wildman–Crippen MR) is 52.8 cm³/mol. The number of ether oxygens (including phenoxy) is 1. The molecular weight excluding hydrogens is 196 g/mol. The van der Waals surface area contributed by atoms with E-state index >= 15 is 0 Å². The van der Waals surface area contributed by atoms with Crippen molar-refractivity contribution in [3.8, 4) is 6.07 Å². The molecule has 15 heavy (non-hydrogen) atoms. The molecule has 0 aliphatic heterocycles. The maximum Gasteiger partial charge on any atom is 0.360 e. The fraction of sp³-hybridized carbons (Fsp3) is 0.444. The number of carbonyl (C=O) groups excluding carboxylic acids is 1. The van der Waals surface area contributed by atoms with Gasteiger partial charge in [0.15, 0.2) is 11.8 Å². The van der Waals surface area contributed by atoms with Gasteiger partial charge in [-0.05, 0) is 13.8 Å². The highest BCUT2D eigenvalue weighted by Crippen LogP contribution is 2.16. The third-order valence-electron chi connectivity index (χ3n) is 1.93. The van der Waals surface area contributed by atoms with Gasteiger partial charge in [0.1, 0.15) is 6.07 Å². The van der Waals surface area contributed by atoms with Gasteiger partial charge in [0.2, 0.25) is 0 Å². The smallest absolute Gasteiger partial charge is 0.360 e. The Hall–Kier alpha value is -2.03. The summed E-state index contributed by atoms with van der Waals surface area (Å²) >= 11 is 0. The molecule has 2 N–H and O–H groups in total. The lowest BCUT2D eigenvalue weighted by molar-refractivity contribution is 0.0424. The second-order valence-electron chi connectivity index (χ2n) is 3.15. The molecule has 0 saturated heterocycles. The molecule has 1 atom stereocenters. The number of hydrogen-bond acceptors (Lipinski definition) is 5. The van der Waals surface area contributed by atoms with E-state index in [0.29, 0.717) is 5.69 Å². The third kappa shape index (κ3) is 2.07. The molecule has 0 radical (unpaired) electrons. The van der Waals surface area contributed by atoms with Crippen molar-refractivity contribution in [3.63, 3.8) is 0 Å². The number of aromatic nitrogens is 2. The average Bonchev–Trinajstić information content (AvgIpc) is 2.41. The Morgan fingerprint density at radius 3 is 2.73 bits per heavy atom. The quantitative estimate of drug-likeness (QED) is 0.709. The van der Waals surface area contributed by atoms with Crippen molar-refractivity contribution in [2.75, 3.05) is 5.73 Å². The van der Waals surface area contributed by atoms with Crippen molar-refractivity contribution >= 4 is 11.7 Å². The van der Waals surface area contributed by atoms with E-state index in [-0.39, 0.29) is 11.4 Å². The number of nitrogens with zero attached hydrogens (tertiary/aromatic N) is 3. The summed E-state index contributed by atoms with van der Waals surface area (Å²) in [6.45, 7) is 3.18. The number of nitriles is 1. The van der Waals surface area contributed by atoms with Gasteiger partial charge in [-0.25, -0.2) is 4.79 Å². The Bertz CT molecular complexity index is 430. The highest BCUT2D eigenvalue weighted by atomic mass is 16.5.